The Bertz CT molecular complexity index is 614. The summed E-state index contributed by atoms with van der Waals surface area (Å²) in [5.41, 5.74) is 1.41. The summed E-state index contributed by atoms with van der Waals surface area (Å²) in [6, 6.07) is 9.03. The van der Waals surface area contributed by atoms with Gasteiger partial charge in [0.05, 0.1) is 0 Å². The van der Waals surface area contributed by atoms with Crippen LogP contribution in [-0.4, -0.2) is 10.1 Å². The van der Waals surface area contributed by atoms with Crippen LogP contribution < -0.4 is 5.56 Å². The van der Waals surface area contributed by atoms with Gasteiger partial charge in [-0.05, 0) is 35.7 Å². The molecule has 0 aliphatic carbocycles. The minimum absolute atomic E-state index is 0.274. The molecule has 1 aromatic carbocycles. The van der Waals surface area contributed by atoms with Gasteiger partial charge in [-0.3, -0.25) is 4.79 Å². The molecule has 0 fully saturated rings. The molecule has 0 bridgehead atoms. The molecule has 0 aliphatic heterocycles. The van der Waals surface area contributed by atoms with Crippen molar-refractivity contribution < 1.29 is 5.11 Å². The molecule has 0 radical (unpaired) electrons. The van der Waals surface area contributed by atoms with E-state index in [1.807, 2.05) is 36.4 Å². The molecule has 2 aromatic rings. The maximum Gasteiger partial charge on any atom is 0.290 e. The van der Waals surface area contributed by atoms with Crippen LogP contribution in [0.4, 0.5) is 0 Å². The molecule has 0 aliphatic rings. The molecule has 0 saturated heterocycles. The van der Waals surface area contributed by atoms with E-state index in [0.717, 1.165) is 17.5 Å². The third kappa shape index (κ3) is 3.25. The average molecular weight is 262 g/mol. The molecular formula is C14H12ClNO2. The molecule has 0 saturated carbocycles. The molecule has 4 heteroatoms. The second-order valence-electron chi connectivity index (χ2n) is 3.88. The summed E-state index contributed by atoms with van der Waals surface area (Å²) in [5, 5.41) is 9.97. The summed E-state index contributed by atoms with van der Waals surface area (Å²) in [5.74, 6) is -0.274. The Morgan fingerprint density at radius 1 is 1.28 bits per heavy atom. The normalized spacial score (nSPS) is 10.9. The molecule has 0 atom stereocenters. The van der Waals surface area contributed by atoms with Gasteiger partial charge in [0.2, 0.25) is 0 Å². The van der Waals surface area contributed by atoms with Crippen LogP contribution in [-0.2, 0) is 6.42 Å². The van der Waals surface area contributed by atoms with Crippen molar-refractivity contribution >= 4 is 17.7 Å². The molecular weight excluding hydrogens is 250 g/mol. The first-order chi connectivity index (χ1) is 8.65. The number of halogens is 1. The lowest BCUT2D eigenvalue weighted by molar-refractivity contribution is 0.466. The Labute approximate surface area is 109 Å². The highest BCUT2D eigenvalue weighted by molar-refractivity contribution is 6.30. The van der Waals surface area contributed by atoms with E-state index in [0.29, 0.717) is 5.02 Å². The van der Waals surface area contributed by atoms with Gasteiger partial charge >= 0.3 is 0 Å². The smallest absolute Gasteiger partial charge is 0.290 e. The number of hydrogen-bond donors (Lipinski definition) is 2. The van der Waals surface area contributed by atoms with Crippen molar-refractivity contribution in [1.82, 2.24) is 4.98 Å². The van der Waals surface area contributed by atoms with E-state index in [2.05, 4.69) is 4.98 Å². The first kappa shape index (κ1) is 12.5. The standard InChI is InChI=1S/C14H12ClNO2/c15-12-6-4-10(5-7-12)2-1-3-11-8-13(17)14(18)16-9-11/h1,3-9,17H,2H2,(H,16,18)/b3-1+. The number of benzene rings is 1. The summed E-state index contributed by atoms with van der Waals surface area (Å²) in [6.45, 7) is 0. The van der Waals surface area contributed by atoms with Gasteiger partial charge in [0, 0.05) is 11.2 Å². The number of aromatic nitrogens is 1. The summed E-state index contributed by atoms with van der Waals surface area (Å²) < 4.78 is 0. The van der Waals surface area contributed by atoms with E-state index in [1.165, 1.54) is 6.07 Å². The third-order valence-corrected chi connectivity index (χ3v) is 2.74. The number of allylic oxidation sites excluding steroid dienone is 1. The van der Waals surface area contributed by atoms with Crippen LogP contribution in [0.2, 0.25) is 5.02 Å². The predicted molar refractivity (Wildman–Crippen MR) is 72.9 cm³/mol. The zero-order valence-electron chi connectivity index (χ0n) is 9.56. The Hall–Kier alpha value is -2.00. The largest absolute Gasteiger partial charge is 0.503 e. The maximum absolute atomic E-state index is 11.0. The number of hydrogen-bond acceptors (Lipinski definition) is 2. The monoisotopic (exact) mass is 261 g/mol. The van der Waals surface area contributed by atoms with Gasteiger partial charge in [-0.15, -0.1) is 0 Å². The Balaban J connectivity index is 2.05. The summed E-state index contributed by atoms with van der Waals surface area (Å²) in [4.78, 5) is 13.4. The van der Waals surface area contributed by atoms with Crippen LogP contribution in [0.25, 0.3) is 6.08 Å². The minimum Gasteiger partial charge on any atom is -0.503 e. The quantitative estimate of drug-likeness (QED) is 0.892. The molecule has 0 unspecified atom stereocenters. The lowest BCUT2D eigenvalue weighted by Gasteiger charge is -1.97. The van der Waals surface area contributed by atoms with Crippen LogP contribution in [0, 0.1) is 0 Å². The fourth-order valence-corrected chi connectivity index (χ4v) is 1.66. The molecule has 2 N–H and O–H groups in total. The number of H-pyrrole nitrogens is 1. The van der Waals surface area contributed by atoms with Crippen molar-refractivity contribution in [1.29, 1.82) is 0 Å². The Kier molecular flexibility index (Phi) is 3.85. The van der Waals surface area contributed by atoms with Gasteiger partial charge in [0.1, 0.15) is 0 Å². The van der Waals surface area contributed by atoms with Gasteiger partial charge < -0.3 is 10.1 Å². The predicted octanol–water partition coefficient (Wildman–Crippen LogP) is 2.99. The minimum atomic E-state index is -0.482. The lowest BCUT2D eigenvalue weighted by atomic mass is 10.1. The van der Waals surface area contributed by atoms with Crippen molar-refractivity contribution in [3.8, 4) is 5.75 Å². The molecule has 1 aromatic heterocycles. The molecule has 92 valence electrons. The lowest BCUT2D eigenvalue weighted by Crippen LogP contribution is -2.03. The zero-order chi connectivity index (χ0) is 13.0. The molecule has 0 amide bonds. The zero-order valence-corrected chi connectivity index (χ0v) is 10.3. The van der Waals surface area contributed by atoms with Crippen molar-refractivity contribution in [3.63, 3.8) is 0 Å². The van der Waals surface area contributed by atoms with E-state index >= 15 is 0 Å². The summed E-state index contributed by atoms with van der Waals surface area (Å²) in [7, 11) is 0. The number of pyridine rings is 1. The van der Waals surface area contributed by atoms with Crippen LogP contribution in [0.1, 0.15) is 11.1 Å². The third-order valence-electron chi connectivity index (χ3n) is 2.48. The first-order valence-corrected chi connectivity index (χ1v) is 5.85. The van der Waals surface area contributed by atoms with E-state index in [1.54, 1.807) is 6.20 Å². The van der Waals surface area contributed by atoms with Crippen molar-refractivity contribution in [3.05, 3.63) is 69.1 Å². The second kappa shape index (κ2) is 5.56. The van der Waals surface area contributed by atoms with Crippen molar-refractivity contribution in [2.24, 2.45) is 0 Å². The highest BCUT2D eigenvalue weighted by Gasteiger charge is 1.96. The highest BCUT2D eigenvalue weighted by atomic mass is 35.5. The van der Waals surface area contributed by atoms with E-state index in [4.69, 9.17) is 11.6 Å². The number of aromatic amines is 1. The fraction of sp³-hybridized carbons (Fsp3) is 0.0714. The van der Waals surface area contributed by atoms with Gasteiger partial charge in [0.25, 0.3) is 5.56 Å². The van der Waals surface area contributed by atoms with Gasteiger partial charge in [0.15, 0.2) is 5.75 Å². The Morgan fingerprint density at radius 3 is 2.67 bits per heavy atom. The summed E-state index contributed by atoms with van der Waals surface area (Å²) >= 11 is 5.79. The van der Waals surface area contributed by atoms with E-state index < -0.39 is 5.56 Å². The van der Waals surface area contributed by atoms with Gasteiger partial charge in [-0.1, -0.05) is 35.9 Å². The number of rotatable bonds is 3. The van der Waals surface area contributed by atoms with Crippen LogP contribution in [0.15, 0.2) is 47.4 Å². The van der Waals surface area contributed by atoms with Crippen molar-refractivity contribution in [2.45, 2.75) is 6.42 Å². The molecule has 3 nitrogen and oxygen atoms in total. The van der Waals surface area contributed by atoms with E-state index in [9.17, 15) is 9.90 Å². The Morgan fingerprint density at radius 2 is 2.00 bits per heavy atom. The van der Waals surface area contributed by atoms with Crippen molar-refractivity contribution in [2.75, 3.05) is 0 Å². The molecule has 2 rings (SSSR count). The van der Waals surface area contributed by atoms with Crippen LogP contribution >= 0.6 is 11.6 Å². The SMILES string of the molecule is O=c1[nH]cc(/C=C/Cc2ccc(Cl)cc2)cc1O. The number of nitrogens with one attached hydrogen (secondary N) is 1. The molecule has 1 heterocycles. The average Bonchev–Trinajstić information content (AvgIpc) is 2.36. The van der Waals surface area contributed by atoms with Gasteiger partial charge in [-0.25, -0.2) is 0 Å². The summed E-state index contributed by atoms with van der Waals surface area (Å²) in [6.07, 6.45) is 6.11. The second-order valence-corrected chi connectivity index (χ2v) is 4.32. The van der Waals surface area contributed by atoms with E-state index in [-0.39, 0.29) is 5.75 Å². The highest BCUT2D eigenvalue weighted by Crippen LogP contribution is 2.11. The molecule has 0 spiro atoms. The maximum atomic E-state index is 11.0. The topological polar surface area (TPSA) is 53.1 Å². The van der Waals surface area contributed by atoms with Crippen LogP contribution in [0.5, 0.6) is 5.75 Å². The fourth-order valence-electron chi connectivity index (χ4n) is 1.54. The van der Waals surface area contributed by atoms with Gasteiger partial charge in [-0.2, -0.15) is 0 Å². The number of aromatic hydroxyl groups is 1. The first-order valence-electron chi connectivity index (χ1n) is 5.48. The van der Waals surface area contributed by atoms with Crippen LogP contribution in [0.3, 0.4) is 0 Å². The molecule has 18 heavy (non-hydrogen) atoms.